The van der Waals surface area contributed by atoms with Crippen molar-refractivity contribution in [3.8, 4) is 5.75 Å². The molecule has 1 fully saturated rings. The van der Waals surface area contributed by atoms with E-state index in [2.05, 4.69) is 0 Å². The number of fused-ring (bicyclic) bond motifs is 3. The standard InChI is InChI=1S/C30H24ClNO5/c1-14-6-7-17(12-23(14)31)32-29(36)20-9-8-19-21(26(20)30(32)37)13-22-24(34)10-15(2)28(35)27(22)25(19)16-4-3-5-18(33)11-16/h3-8,10-12,20-21,25-26,33H,9,13H2,1-2H3/t20-,21+,25-,26-/m0/s1. The topological polar surface area (TPSA) is 91.8 Å². The predicted octanol–water partition coefficient (Wildman–Crippen LogP) is 4.99. The summed E-state index contributed by atoms with van der Waals surface area (Å²) in [7, 11) is 0. The highest BCUT2D eigenvalue weighted by Gasteiger charge is 2.56. The van der Waals surface area contributed by atoms with E-state index in [9.17, 15) is 24.3 Å². The van der Waals surface area contributed by atoms with E-state index in [-0.39, 0.29) is 35.6 Å². The Hall–Kier alpha value is -3.77. The van der Waals surface area contributed by atoms with Crippen molar-refractivity contribution in [3.05, 3.63) is 93.1 Å². The molecule has 2 amide bonds. The highest BCUT2D eigenvalue weighted by Crippen LogP contribution is 2.55. The minimum atomic E-state index is -0.656. The second-order valence-corrected chi connectivity index (χ2v) is 10.7. The summed E-state index contributed by atoms with van der Waals surface area (Å²) in [6.07, 6.45) is 3.89. The number of imide groups is 1. The molecule has 4 atom stereocenters. The zero-order valence-corrected chi connectivity index (χ0v) is 21.1. The van der Waals surface area contributed by atoms with Crippen LogP contribution < -0.4 is 4.90 Å². The number of allylic oxidation sites excluding steroid dienone is 6. The lowest BCUT2D eigenvalue weighted by Crippen LogP contribution is -2.39. The van der Waals surface area contributed by atoms with Crippen LogP contribution in [0.3, 0.4) is 0 Å². The second kappa shape index (κ2) is 8.38. The molecule has 0 radical (unpaired) electrons. The van der Waals surface area contributed by atoms with Gasteiger partial charge in [0.05, 0.1) is 17.5 Å². The van der Waals surface area contributed by atoms with E-state index in [0.717, 1.165) is 11.1 Å². The smallest absolute Gasteiger partial charge is 0.238 e. The maximum Gasteiger partial charge on any atom is 0.238 e. The van der Waals surface area contributed by atoms with Gasteiger partial charge in [0.1, 0.15) is 5.75 Å². The molecular weight excluding hydrogens is 490 g/mol. The van der Waals surface area contributed by atoms with Crippen LogP contribution in [0.25, 0.3) is 0 Å². The van der Waals surface area contributed by atoms with Crippen molar-refractivity contribution >= 4 is 40.7 Å². The zero-order valence-electron chi connectivity index (χ0n) is 20.3. The molecule has 0 bridgehead atoms. The molecule has 3 aliphatic carbocycles. The van der Waals surface area contributed by atoms with Gasteiger partial charge in [-0.25, -0.2) is 4.90 Å². The molecule has 186 valence electrons. The predicted molar refractivity (Wildman–Crippen MR) is 138 cm³/mol. The van der Waals surface area contributed by atoms with E-state index >= 15 is 0 Å². The maximum absolute atomic E-state index is 13.9. The first-order valence-electron chi connectivity index (χ1n) is 12.3. The molecular formula is C30H24ClNO5. The van der Waals surface area contributed by atoms with E-state index in [1.165, 1.54) is 11.0 Å². The van der Waals surface area contributed by atoms with E-state index in [1.807, 2.05) is 19.1 Å². The molecule has 6 nitrogen and oxygen atoms in total. The summed E-state index contributed by atoms with van der Waals surface area (Å²) in [5.74, 6) is -3.19. The fraction of sp³-hybridized carbons (Fsp3) is 0.267. The molecule has 1 heterocycles. The average Bonchev–Trinajstić information content (AvgIpc) is 3.13. The number of hydrogen-bond acceptors (Lipinski definition) is 5. The van der Waals surface area contributed by atoms with Crippen LogP contribution in [0.5, 0.6) is 5.75 Å². The normalized spacial score (nSPS) is 27.1. The number of Topliss-reactive ketones (excluding diaryl/α,β-unsaturated/α-hetero) is 1. The number of rotatable bonds is 2. The van der Waals surface area contributed by atoms with E-state index in [4.69, 9.17) is 11.6 Å². The molecule has 1 aliphatic heterocycles. The number of carbonyl (C=O) groups excluding carboxylic acids is 4. The number of ketones is 2. The molecule has 7 heteroatoms. The van der Waals surface area contributed by atoms with Crippen LogP contribution in [-0.2, 0) is 19.2 Å². The number of nitrogens with zero attached hydrogens (tertiary/aromatic N) is 1. The van der Waals surface area contributed by atoms with Crippen molar-refractivity contribution < 1.29 is 24.3 Å². The van der Waals surface area contributed by atoms with Crippen LogP contribution in [-0.4, -0.2) is 28.5 Å². The Morgan fingerprint density at radius 3 is 2.49 bits per heavy atom. The lowest BCUT2D eigenvalue weighted by atomic mass is 9.59. The van der Waals surface area contributed by atoms with Gasteiger partial charge in [0.15, 0.2) is 11.6 Å². The van der Waals surface area contributed by atoms with Crippen LogP contribution in [0.4, 0.5) is 5.69 Å². The van der Waals surface area contributed by atoms with Crippen LogP contribution >= 0.6 is 11.6 Å². The summed E-state index contributed by atoms with van der Waals surface area (Å²) in [5, 5.41) is 10.7. The summed E-state index contributed by atoms with van der Waals surface area (Å²) in [6, 6.07) is 11.8. The van der Waals surface area contributed by atoms with Gasteiger partial charge >= 0.3 is 0 Å². The molecule has 4 aliphatic rings. The van der Waals surface area contributed by atoms with E-state index in [0.29, 0.717) is 39.4 Å². The Morgan fingerprint density at radius 2 is 1.76 bits per heavy atom. The lowest BCUT2D eigenvalue weighted by molar-refractivity contribution is -0.123. The van der Waals surface area contributed by atoms with Crippen molar-refractivity contribution in [3.63, 3.8) is 0 Å². The molecule has 1 N–H and O–H groups in total. The number of anilines is 1. The maximum atomic E-state index is 13.9. The number of phenols is 1. The molecule has 6 rings (SSSR count). The van der Waals surface area contributed by atoms with Gasteiger partial charge in [0, 0.05) is 27.7 Å². The average molecular weight is 514 g/mol. The number of phenolic OH excluding ortho intramolecular Hbond substituents is 1. The van der Waals surface area contributed by atoms with Crippen molar-refractivity contribution in [1.29, 1.82) is 0 Å². The Morgan fingerprint density at radius 1 is 0.973 bits per heavy atom. The van der Waals surface area contributed by atoms with Gasteiger partial charge in [-0.1, -0.05) is 41.4 Å². The van der Waals surface area contributed by atoms with Gasteiger partial charge in [0.25, 0.3) is 0 Å². The first-order valence-corrected chi connectivity index (χ1v) is 12.7. The number of aryl methyl sites for hydroxylation is 1. The number of aromatic hydroxyl groups is 1. The van der Waals surface area contributed by atoms with Gasteiger partial charge in [0.2, 0.25) is 11.8 Å². The van der Waals surface area contributed by atoms with E-state index < -0.39 is 23.7 Å². The van der Waals surface area contributed by atoms with Crippen LogP contribution in [0.15, 0.2) is 76.9 Å². The highest BCUT2D eigenvalue weighted by molar-refractivity contribution is 6.32. The van der Waals surface area contributed by atoms with Gasteiger partial charge in [-0.15, -0.1) is 0 Å². The molecule has 37 heavy (non-hydrogen) atoms. The fourth-order valence-corrected chi connectivity index (χ4v) is 6.60. The van der Waals surface area contributed by atoms with Crippen molar-refractivity contribution in [2.75, 3.05) is 4.90 Å². The third-order valence-corrected chi connectivity index (χ3v) is 8.59. The summed E-state index contributed by atoms with van der Waals surface area (Å²) in [4.78, 5) is 55.2. The minimum Gasteiger partial charge on any atom is -0.508 e. The Bertz CT molecular complexity index is 1530. The quantitative estimate of drug-likeness (QED) is 0.347. The molecule has 0 spiro atoms. The molecule has 0 aromatic heterocycles. The monoisotopic (exact) mass is 513 g/mol. The van der Waals surface area contributed by atoms with Gasteiger partial charge in [-0.05, 0) is 74.1 Å². The largest absolute Gasteiger partial charge is 0.508 e. The molecule has 0 unspecified atom stereocenters. The Balaban J connectivity index is 1.48. The first kappa shape index (κ1) is 23.6. The molecule has 0 saturated carbocycles. The third kappa shape index (κ3) is 3.46. The van der Waals surface area contributed by atoms with Gasteiger partial charge in [-0.2, -0.15) is 0 Å². The summed E-state index contributed by atoms with van der Waals surface area (Å²) in [6.45, 7) is 3.48. The zero-order chi connectivity index (χ0) is 26.2. The number of amides is 2. The summed E-state index contributed by atoms with van der Waals surface area (Å²) in [5.41, 5.74) is 3.98. The van der Waals surface area contributed by atoms with Crippen LogP contribution in [0.1, 0.15) is 36.8 Å². The molecule has 2 aromatic rings. The number of hydrogen-bond donors (Lipinski definition) is 1. The second-order valence-electron chi connectivity index (χ2n) is 10.3. The SMILES string of the molecule is CC1=CC(=O)C2=C(C1=O)[C@@H](c1cccc(O)c1)C1=CC[C@@H]3C(=O)N(c4ccc(C)c(Cl)c4)C(=O)[C@@H]3[C@@H]1C2. The van der Waals surface area contributed by atoms with Crippen LogP contribution in [0, 0.1) is 24.7 Å². The number of benzene rings is 2. The Kier molecular flexibility index (Phi) is 5.35. The number of carbonyl (C=O) groups is 4. The summed E-state index contributed by atoms with van der Waals surface area (Å²) < 4.78 is 0. The van der Waals surface area contributed by atoms with Gasteiger partial charge < -0.3 is 5.11 Å². The van der Waals surface area contributed by atoms with Crippen LogP contribution in [0.2, 0.25) is 5.02 Å². The third-order valence-electron chi connectivity index (χ3n) is 8.18. The van der Waals surface area contributed by atoms with Crippen molar-refractivity contribution in [2.24, 2.45) is 17.8 Å². The molecule has 1 saturated heterocycles. The first-order chi connectivity index (χ1) is 17.7. The van der Waals surface area contributed by atoms with E-state index in [1.54, 1.807) is 43.3 Å². The van der Waals surface area contributed by atoms with Crippen molar-refractivity contribution in [2.45, 2.75) is 32.6 Å². The molecule has 2 aromatic carbocycles. The van der Waals surface area contributed by atoms with Gasteiger partial charge in [-0.3, -0.25) is 19.2 Å². The lowest BCUT2D eigenvalue weighted by Gasteiger charge is -2.42. The minimum absolute atomic E-state index is 0.0486. The Labute approximate surface area is 218 Å². The van der Waals surface area contributed by atoms with Crippen molar-refractivity contribution in [1.82, 2.24) is 0 Å². The fourth-order valence-electron chi connectivity index (χ4n) is 6.42. The highest BCUT2D eigenvalue weighted by atomic mass is 35.5. The number of halogens is 1. The summed E-state index contributed by atoms with van der Waals surface area (Å²) >= 11 is 6.31.